The van der Waals surface area contributed by atoms with Crippen molar-refractivity contribution in [3.8, 4) is 0 Å². The summed E-state index contributed by atoms with van der Waals surface area (Å²) in [6, 6.07) is 4.03. The fourth-order valence-corrected chi connectivity index (χ4v) is 4.03. The normalized spacial score (nSPS) is 31.0. The number of rotatable bonds is 3. The lowest BCUT2D eigenvalue weighted by Crippen LogP contribution is -2.47. The van der Waals surface area contributed by atoms with Crippen LogP contribution < -0.4 is 10.0 Å². The predicted octanol–water partition coefficient (Wildman–Crippen LogP) is 1.26. The van der Waals surface area contributed by atoms with Crippen LogP contribution in [0.15, 0.2) is 27.9 Å². The maximum atomic E-state index is 12.0. The first kappa shape index (κ1) is 13.9. The van der Waals surface area contributed by atoms with E-state index in [4.69, 9.17) is 4.42 Å². The van der Waals surface area contributed by atoms with E-state index in [0.717, 1.165) is 25.7 Å². The number of fused-ring (bicyclic) bond motifs is 2. The molecule has 1 aromatic rings. The lowest BCUT2D eigenvalue weighted by molar-refractivity contribution is 0.342. The van der Waals surface area contributed by atoms with Crippen molar-refractivity contribution >= 4 is 22.4 Å². The standard InChI is InChI=1S/C11H16N2O3S.ClH/c14-17(15,11-2-1-5-16-11)13-10-6-8-3-4-9(7-10)12-8;/h1-2,5,8-10,12-13H,3-4,6-7H2;1H. The SMILES string of the molecule is Cl.O=S(=O)(NC1CC2CCC(C1)N2)c1ccco1. The number of furan rings is 1. The van der Waals surface area contributed by atoms with E-state index in [-0.39, 0.29) is 23.5 Å². The summed E-state index contributed by atoms with van der Waals surface area (Å²) in [5, 5.41) is 3.49. The second kappa shape index (κ2) is 5.21. The Kier molecular flexibility index (Phi) is 4.01. The zero-order valence-corrected chi connectivity index (χ0v) is 11.5. The van der Waals surface area contributed by atoms with Crippen molar-refractivity contribution in [3.05, 3.63) is 18.4 Å². The largest absolute Gasteiger partial charge is 0.452 e. The van der Waals surface area contributed by atoms with Crippen molar-refractivity contribution in [2.24, 2.45) is 0 Å². The van der Waals surface area contributed by atoms with E-state index in [1.807, 2.05) is 0 Å². The number of halogens is 1. The van der Waals surface area contributed by atoms with Crippen molar-refractivity contribution in [1.82, 2.24) is 10.0 Å². The van der Waals surface area contributed by atoms with Crippen LogP contribution in [0.3, 0.4) is 0 Å². The van der Waals surface area contributed by atoms with Crippen LogP contribution in [0.4, 0.5) is 0 Å². The van der Waals surface area contributed by atoms with Gasteiger partial charge in [0.15, 0.2) is 0 Å². The molecule has 1 aromatic heterocycles. The quantitative estimate of drug-likeness (QED) is 0.880. The summed E-state index contributed by atoms with van der Waals surface area (Å²) < 4.78 is 31.6. The van der Waals surface area contributed by atoms with E-state index >= 15 is 0 Å². The molecule has 3 heterocycles. The van der Waals surface area contributed by atoms with Crippen molar-refractivity contribution < 1.29 is 12.8 Å². The first-order chi connectivity index (χ1) is 8.13. The smallest absolute Gasteiger partial charge is 0.274 e. The van der Waals surface area contributed by atoms with Crippen LogP contribution in [0, 0.1) is 0 Å². The highest BCUT2D eigenvalue weighted by molar-refractivity contribution is 7.89. The molecule has 0 saturated carbocycles. The molecule has 102 valence electrons. The van der Waals surface area contributed by atoms with Crippen molar-refractivity contribution in [3.63, 3.8) is 0 Å². The average molecular weight is 293 g/mol. The molecule has 2 fully saturated rings. The number of hydrogen-bond donors (Lipinski definition) is 2. The van der Waals surface area contributed by atoms with Gasteiger partial charge in [-0.05, 0) is 37.8 Å². The highest BCUT2D eigenvalue weighted by Crippen LogP contribution is 2.27. The molecular formula is C11H17ClN2O3S. The lowest BCUT2D eigenvalue weighted by Gasteiger charge is -2.29. The third-order valence-corrected chi connectivity index (χ3v) is 4.96. The van der Waals surface area contributed by atoms with Gasteiger partial charge in [0.05, 0.1) is 6.26 Å². The zero-order chi connectivity index (χ0) is 11.9. The highest BCUT2D eigenvalue weighted by atomic mass is 35.5. The highest BCUT2D eigenvalue weighted by Gasteiger charge is 2.35. The van der Waals surface area contributed by atoms with Gasteiger partial charge < -0.3 is 9.73 Å². The molecule has 2 aliphatic rings. The summed E-state index contributed by atoms with van der Waals surface area (Å²) in [6.07, 6.45) is 5.43. The van der Waals surface area contributed by atoms with E-state index in [0.29, 0.717) is 12.1 Å². The van der Waals surface area contributed by atoms with Crippen LogP contribution in [-0.4, -0.2) is 26.5 Å². The van der Waals surface area contributed by atoms with E-state index in [2.05, 4.69) is 10.0 Å². The molecule has 3 rings (SSSR count). The van der Waals surface area contributed by atoms with Crippen LogP contribution in [0.5, 0.6) is 0 Å². The molecular weight excluding hydrogens is 276 g/mol. The van der Waals surface area contributed by atoms with Crippen molar-refractivity contribution in [1.29, 1.82) is 0 Å². The minimum Gasteiger partial charge on any atom is -0.452 e. The van der Waals surface area contributed by atoms with Crippen LogP contribution >= 0.6 is 12.4 Å². The Labute approximate surface area is 113 Å². The summed E-state index contributed by atoms with van der Waals surface area (Å²) in [5.74, 6) is 0. The lowest BCUT2D eigenvalue weighted by atomic mass is 10.0. The molecule has 0 radical (unpaired) electrons. The van der Waals surface area contributed by atoms with E-state index in [9.17, 15) is 8.42 Å². The average Bonchev–Trinajstić information content (AvgIpc) is 2.88. The minimum atomic E-state index is -3.48. The maximum absolute atomic E-state index is 12.0. The molecule has 2 bridgehead atoms. The molecule has 0 aromatic carbocycles. The third kappa shape index (κ3) is 2.71. The Balaban J connectivity index is 0.00000120. The molecule has 0 spiro atoms. The molecule has 5 nitrogen and oxygen atoms in total. The summed E-state index contributed by atoms with van der Waals surface area (Å²) in [6.45, 7) is 0. The summed E-state index contributed by atoms with van der Waals surface area (Å²) in [7, 11) is -3.48. The Morgan fingerprint density at radius 2 is 1.94 bits per heavy atom. The summed E-state index contributed by atoms with van der Waals surface area (Å²) in [5.41, 5.74) is 0. The van der Waals surface area contributed by atoms with Gasteiger partial charge in [0.25, 0.3) is 10.0 Å². The van der Waals surface area contributed by atoms with Gasteiger partial charge in [-0.3, -0.25) is 0 Å². The number of nitrogens with one attached hydrogen (secondary N) is 2. The molecule has 2 unspecified atom stereocenters. The summed E-state index contributed by atoms with van der Waals surface area (Å²) >= 11 is 0. The first-order valence-electron chi connectivity index (χ1n) is 5.95. The minimum absolute atomic E-state index is 0. The van der Waals surface area contributed by atoms with Crippen molar-refractivity contribution in [2.75, 3.05) is 0 Å². The first-order valence-corrected chi connectivity index (χ1v) is 7.44. The van der Waals surface area contributed by atoms with E-state index < -0.39 is 10.0 Å². The molecule has 2 aliphatic heterocycles. The Morgan fingerprint density at radius 1 is 1.28 bits per heavy atom. The van der Waals surface area contributed by atoms with Gasteiger partial charge in [0.2, 0.25) is 5.09 Å². The fraction of sp³-hybridized carbons (Fsp3) is 0.636. The predicted molar refractivity (Wildman–Crippen MR) is 69.2 cm³/mol. The Morgan fingerprint density at radius 3 is 2.50 bits per heavy atom. The molecule has 2 saturated heterocycles. The van der Waals surface area contributed by atoms with Crippen LogP contribution in [-0.2, 0) is 10.0 Å². The van der Waals surface area contributed by atoms with Crippen molar-refractivity contribution in [2.45, 2.75) is 48.9 Å². The molecule has 0 aliphatic carbocycles. The van der Waals surface area contributed by atoms with Gasteiger partial charge >= 0.3 is 0 Å². The van der Waals surface area contributed by atoms with E-state index in [1.165, 1.54) is 12.3 Å². The molecule has 2 atom stereocenters. The van der Waals surface area contributed by atoms with Gasteiger partial charge in [-0.15, -0.1) is 12.4 Å². The van der Waals surface area contributed by atoms with Crippen LogP contribution in [0.1, 0.15) is 25.7 Å². The van der Waals surface area contributed by atoms with Gasteiger partial charge in [0.1, 0.15) is 0 Å². The van der Waals surface area contributed by atoms with Gasteiger partial charge in [-0.2, -0.15) is 0 Å². The second-order valence-corrected chi connectivity index (χ2v) is 6.50. The molecule has 18 heavy (non-hydrogen) atoms. The number of hydrogen-bond acceptors (Lipinski definition) is 4. The third-order valence-electron chi connectivity index (χ3n) is 3.55. The number of piperidine rings is 1. The molecule has 0 amide bonds. The second-order valence-electron chi connectivity index (χ2n) is 4.86. The van der Waals surface area contributed by atoms with Crippen LogP contribution in [0.2, 0.25) is 0 Å². The number of sulfonamides is 1. The van der Waals surface area contributed by atoms with E-state index in [1.54, 1.807) is 6.07 Å². The van der Waals surface area contributed by atoms with Gasteiger partial charge in [0, 0.05) is 18.1 Å². The maximum Gasteiger partial charge on any atom is 0.274 e. The monoisotopic (exact) mass is 292 g/mol. The van der Waals surface area contributed by atoms with Crippen LogP contribution in [0.25, 0.3) is 0 Å². The topological polar surface area (TPSA) is 71.3 Å². The fourth-order valence-electron chi connectivity index (χ4n) is 2.85. The molecule has 7 heteroatoms. The molecule has 2 N–H and O–H groups in total. The Bertz CT molecular complexity index is 476. The zero-order valence-electron chi connectivity index (χ0n) is 9.83. The van der Waals surface area contributed by atoms with Gasteiger partial charge in [-0.1, -0.05) is 0 Å². The summed E-state index contributed by atoms with van der Waals surface area (Å²) in [4.78, 5) is 0. The Hall–Kier alpha value is -0.560. The van der Waals surface area contributed by atoms with Gasteiger partial charge in [-0.25, -0.2) is 13.1 Å².